The average molecular weight is 388 g/mol. The van der Waals surface area contributed by atoms with Crippen LogP contribution in [0.4, 0.5) is 11.4 Å². The Labute approximate surface area is 162 Å². The van der Waals surface area contributed by atoms with Crippen LogP contribution in [0.2, 0.25) is 0 Å². The monoisotopic (exact) mass is 388 g/mol. The molecular weight excluding hydrogens is 364 g/mol. The van der Waals surface area contributed by atoms with Crippen LogP contribution in [-0.4, -0.2) is 44.2 Å². The zero-order chi connectivity index (χ0) is 20.1. The highest BCUT2D eigenvalue weighted by Gasteiger charge is 2.25. The molecule has 0 radical (unpaired) electrons. The Morgan fingerprint density at radius 2 is 2.25 bits per heavy atom. The van der Waals surface area contributed by atoms with Crippen LogP contribution in [0.15, 0.2) is 18.2 Å². The lowest BCUT2D eigenvalue weighted by Crippen LogP contribution is -2.34. The lowest BCUT2D eigenvalue weighted by atomic mass is 9.99. The highest BCUT2D eigenvalue weighted by Crippen LogP contribution is 2.32. The number of carbonyl (C=O) groups is 1. The SMILES string of the molecule is CCCn1nnnc1COC(=O)c1ccc(N2CCC[C@H](C)C2)c([N+](=O)[O-])c1. The quantitative estimate of drug-likeness (QED) is 0.404. The molecule has 1 aromatic carbocycles. The number of benzene rings is 1. The number of aryl methyl sites for hydroxylation is 1. The summed E-state index contributed by atoms with van der Waals surface area (Å²) in [6.45, 7) is 6.19. The number of rotatable bonds is 7. The van der Waals surface area contributed by atoms with Gasteiger partial charge in [-0.05, 0) is 47.7 Å². The van der Waals surface area contributed by atoms with Crippen molar-refractivity contribution in [3.05, 3.63) is 39.7 Å². The van der Waals surface area contributed by atoms with E-state index in [2.05, 4.69) is 22.4 Å². The first-order valence-corrected chi connectivity index (χ1v) is 9.45. The Kier molecular flexibility index (Phi) is 6.17. The van der Waals surface area contributed by atoms with Crippen LogP contribution in [-0.2, 0) is 17.9 Å². The molecule has 0 N–H and O–H groups in total. The summed E-state index contributed by atoms with van der Waals surface area (Å²) in [5.41, 5.74) is 0.592. The molecule has 1 aromatic heterocycles. The van der Waals surface area contributed by atoms with Crippen molar-refractivity contribution in [1.82, 2.24) is 20.2 Å². The standard InChI is InChI=1S/C18H24N6O4/c1-3-8-23-17(19-20-21-23)12-28-18(25)14-6-7-15(16(10-14)24(26)27)22-9-4-5-13(2)11-22/h6-7,10,13H,3-5,8-9,11-12H2,1-2H3/t13-/m0/s1. The van der Waals surface area contributed by atoms with Crippen LogP contribution in [0.25, 0.3) is 0 Å². The highest BCUT2D eigenvalue weighted by atomic mass is 16.6. The molecule has 1 atom stereocenters. The minimum Gasteiger partial charge on any atom is -0.454 e. The van der Waals surface area contributed by atoms with E-state index < -0.39 is 10.9 Å². The van der Waals surface area contributed by atoms with E-state index in [0.29, 0.717) is 24.0 Å². The maximum Gasteiger partial charge on any atom is 0.338 e. The van der Waals surface area contributed by atoms with E-state index >= 15 is 0 Å². The van der Waals surface area contributed by atoms with Gasteiger partial charge in [0.25, 0.3) is 5.69 Å². The van der Waals surface area contributed by atoms with Gasteiger partial charge < -0.3 is 9.64 Å². The zero-order valence-electron chi connectivity index (χ0n) is 16.1. The second-order valence-electron chi connectivity index (χ2n) is 7.05. The Morgan fingerprint density at radius 1 is 1.43 bits per heavy atom. The molecule has 0 spiro atoms. The van der Waals surface area contributed by atoms with Crippen molar-refractivity contribution in [3.8, 4) is 0 Å². The summed E-state index contributed by atoms with van der Waals surface area (Å²) in [6.07, 6.45) is 2.95. The van der Waals surface area contributed by atoms with Gasteiger partial charge in [-0.2, -0.15) is 0 Å². The number of nitro benzene ring substituents is 1. The Balaban J connectivity index is 1.74. The van der Waals surface area contributed by atoms with Crippen LogP contribution in [0.1, 0.15) is 49.3 Å². The van der Waals surface area contributed by atoms with Gasteiger partial charge in [0.2, 0.25) is 0 Å². The molecule has 10 nitrogen and oxygen atoms in total. The normalized spacial score (nSPS) is 16.8. The van der Waals surface area contributed by atoms with Crippen molar-refractivity contribution in [2.45, 2.75) is 46.3 Å². The van der Waals surface area contributed by atoms with E-state index in [4.69, 9.17) is 4.74 Å². The molecule has 1 aliphatic rings. The summed E-state index contributed by atoms with van der Waals surface area (Å²) >= 11 is 0. The summed E-state index contributed by atoms with van der Waals surface area (Å²) in [6, 6.07) is 4.48. The van der Waals surface area contributed by atoms with E-state index in [1.165, 1.54) is 6.07 Å². The number of aromatic nitrogens is 4. The number of ether oxygens (including phenoxy) is 1. The smallest absolute Gasteiger partial charge is 0.338 e. The van der Waals surface area contributed by atoms with Gasteiger partial charge in [-0.3, -0.25) is 10.1 Å². The number of nitro groups is 1. The number of nitrogens with zero attached hydrogens (tertiary/aromatic N) is 6. The Morgan fingerprint density at radius 3 is 2.96 bits per heavy atom. The van der Waals surface area contributed by atoms with Gasteiger partial charge in [0.15, 0.2) is 12.4 Å². The predicted molar refractivity (Wildman–Crippen MR) is 101 cm³/mol. The lowest BCUT2D eigenvalue weighted by molar-refractivity contribution is -0.384. The topological polar surface area (TPSA) is 116 Å². The molecule has 0 amide bonds. The molecule has 2 heterocycles. The number of piperidine rings is 1. The maximum atomic E-state index is 12.4. The number of anilines is 1. The van der Waals surface area contributed by atoms with Gasteiger partial charge in [0, 0.05) is 25.7 Å². The van der Waals surface area contributed by atoms with Crippen molar-refractivity contribution in [2.75, 3.05) is 18.0 Å². The predicted octanol–water partition coefficient (Wildman–Crippen LogP) is 2.58. The number of esters is 1. The Bertz CT molecular complexity index is 852. The minimum absolute atomic E-state index is 0.0839. The molecule has 0 saturated carbocycles. The van der Waals surface area contributed by atoms with Crippen LogP contribution < -0.4 is 4.90 Å². The average Bonchev–Trinajstić information content (AvgIpc) is 3.13. The molecule has 0 aliphatic carbocycles. The van der Waals surface area contributed by atoms with Gasteiger partial charge in [0.05, 0.1) is 10.5 Å². The molecule has 1 aliphatic heterocycles. The van der Waals surface area contributed by atoms with E-state index in [-0.39, 0.29) is 17.9 Å². The summed E-state index contributed by atoms with van der Waals surface area (Å²) in [5, 5.41) is 22.8. The fraction of sp³-hybridized carbons (Fsp3) is 0.556. The van der Waals surface area contributed by atoms with Gasteiger partial charge in [-0.25, -0.2) is 9.48 Å². The van der Waals surface area contributed by atoms with Crippen molar-refractivity contribution in [2.24, 2.45) is 5.92 Å². The first-order valence-electron chi connectivity index (χ1n) is 9.45. The molecule has 10 heteroatoms. The first kappa shape index (κ1) is 19.7. The third-order valence-corrected chi connectivity index (χ3v) is 4.78. The summed E-state index contributed by atoms with van der Waals surface area (Å²) < 4.78 is 6.82. The maximum absolute atomic E-state index is 12.4. The molecule has 1 fully saturated rings. The first-order chi connectivity index (χ1) is 13.5. The van der Waals surface area contributed by atoms with Gasteiger partial charge >= 0.3 is 5.97 Å². The molecule has 2 aromatic rings. The zero-order valence-corrected chi connectivity index (χ0v) is 16.1. The van der Waals surface area contributed by atoms with E-state index in [0.717, 1.165) is 32.4 Å². The third kappa shape index (κ3) is 4.44. The van der Waals surface area contributed by atoms with Gasteiger partial charge in [0.1, 0.15) is 5.69 Å². The fourth-order valence-corrected chi connectivity index (χ4v) is 3.40. The summed E-state index contributed by atoms with van der Waals surface area (Å²) in [5.74, 6) is 0.267. The molecule has 150 valence electrons. The molecule has 0 bridgehead atoms. The van der Waals surface area contributed by atoms with Crippen molar-refractivity contribution < 1.29 is 14.5 Å². The number of hydrogen-bond donors (Lipinski definition) is 0. The minimum atomic E-state index is -0.646. The van der Waals surface area contributed by atoms with Crippen LogP contribution in [0.5, 0.6) is 0 Å². The van der Waals surface area contributed by atoms with E-state index in [9.17, 15) is 14.9 Å². The lowest BCUT2D eigenvalue weighted by Gasteiger charge is -2.32. The largest absolute Gasteiger partial charge is 0.454 e. The molecule has 3 rings (SSSR count). The van der Waals surface area contributed by atoms with E-state index in [1.807, 2.05) is 11.8 Å². The van der Waals surface area contributed by atoms with Crippen LogP contribution in [0, 0.1) is 16.0 Å². The number of tetrazole rings is 1. The van der Waals surface area contributed by atoms with Crippen LogP contribution in [0.3, 0.4) is 0 Å². The van der Waals surface area contributed by atoms with Crippen LogP contribution >= 0.6 is 0 Å². The van der Waals surface area contributed by atoms with Gasteiger partial charge in [-0.15, -0.1) is 5.10 Å². The number of carbonyl (C=O) groups excluding carboxylic acids is 1. The van der Waals surface area contributed by atoms with E-state index in [1.54, 1.807) is 16.8 Å². The molecular formula is C18H24N6O4. The van der Waals surface area contributed by atoms with Crippen molar-refractivity contribution in [3.63, 3.8) is 0 Å². The number of hydrogen-bond acceptors (Lipinski definition) is 8. The second kappa shape index (κ2) is 8.77. The van der Waals surface area contributed by atoms with Crippen molar-refractivity contribution in [1.29, 1.82) is 0 Å². The van der Waals surface area contributed by atoms with Crippen molar-refractivity contribution >= 4 is 17.3 Å². The van der Waals surface area contributed by atoms with Gasteiger partial charge in [-0.1, -0.05) is 13.8 Å². The fourth-order valence-electron chi connectivity index (χ4n) is 3.40. The Hall–Kier alpha value is -3.04. The summed E-state index contributed by atoms with van der Waals surface area (Å²) in [4.78, 5) is 25.5. The molecule has 28 heavy (non-hydrogen) atoms. The second-order valence-corrected chi connectivity index (χ2v) is 7.05. The molecule has 0 unspecified atom stereocenters. The highest BCUT2D eigenvalue weighted by molar-refractivity contribution is 5.91. The summed E-state index contributed by atoms with van der Waals surface area (Å²) in [7, 11) is 0. The molecule has 1 saturated heterocycles. The third-order valence-electron chi connectivity index (χ3n) is 4.78.